The minimum atomic E-state index is -0.216. The van der Waals surface area contributed by atoms with Crippen LogP contribution in [0.4, 0.5) is 5.69 Å². The molecule has 0 bridgehead atoms. The predicted molar refractivity (Wildman–Crippen MR) is 98.8 cm³/mol. The van der Waals surface area contributed by atoms with Gasteiger partial charge < -0.3 is 19.0 Å². The lowest BCUT2D eigenvalue weighted by atomic mass is 9.97. The number of rotatable bonds is 4. The Morgan fingerprint density at radius 1 is 1.27 bits per heavy atom. The summed E-state index contributed by atoms with van der Waals surface area (Å²) in [5.74, 6) is 1.97. The first-order valence-corrected chi connectivity index (χ1v) is 9.14. The Morgan fingerprint density at radius 3 is 2.73 bits per heavy atom. The zero-order chi connectivity index (χ0) is 18.3. The molecule has 4 rings (SSSR count). The van der Waals surface area contributed by atoms with Crippen LogP contribution >= 0.6 is 0 Å². The van der Waals surface area contributed by atoms with Gasteiger partial charge in [0.15, 0.2) is 12.1 Å². The molecule has 1 aromatic heterocycles. The number of benzene rings is 1. The van der Waals surface area contributed by atoms with E-state index in [9.17, 15) is 4.79 Å². The largest absolute Gasteiger partial charge is 0.495 e. The van der Waals surface area contributed by atoms with Gasteiger partial charge in [0.1, 0.15) is 11.5 Å². The number of piperazine rings is 1. The van der Waals surface area contributed by atoms with Crippen LogP contribution in [-0.4, -0.2) is 48.1 Å². The fourth-order valence-electron chi connectivity index (χ4n) is 3.83. The summed E-state index contributed by atoms with van der Waals surface area (Å²) < 4.78 is 11.0. The van der Waals surface area contributed by atoms with Gasteiger partial charge in [-0.15, -0.1) is 0 Å². The van der Waals surface area contributed by atoms with Crippen molar-refractivity contribution in [2.24, 2.45) is 0 Å². The third-order valence-electron chi connectivity index (χ3n) is 5.31. The third kappa shape index (κ3) is 2.93. The molecular weight excluding hydrogens is 330 g/mol. The second kappa shape index (κ2) is 6.34. The van der Waals surface area contributed by atoms with E-state index in [-0.39, 0.29) is 11.4 Å². The van der Waals surface area contributed by atoms with Crippen LogP contribution in [0.5, 0.6) is 5.75 Å². The molecule has 0 atom stereocenters. The van der Waals surface area contributed by atoms with Gasteiger partial charge in [-0.3, -0.25) is 4.79 Å². The quantitative estimate of drug-likeness (QED) is 0.842. The van der Waals surface area contributed by atoms with E-state index >= 15 is 0 Å². The van der Waals surface area contributed by atoms with Gasteiger partial charge in [-0.25, -0.2) is 4.98 Å². The molecule has 26 heavy (non-hydrogen) atoms. The number of aromatic nitrogens is 1. The molecule has 0 unspecified atom stereocenters. The highest BCUT2D eigenvalue weighted by atomic mass is 16.5. The van der Waals surface area contributed by atoms with Crippen molar-refractivity contribution < 1.29 is 13.9 Å². The normalized spacial score (nSPS) is 19.5. The molecule has 0 N–H and O–H groups in total. The average Bonchev–Trinajstić information content (AvgIpc) is 3.37. The van der Waals surface area contributed by atoms with Crippen molar-refractivity contribution in [2.75, 3.05) is 31.6 Å². The zero-order valence-electron chi connectivity index (χ0n) is 15.6. The maximum absolute atomic E-state index is 13.0. The number of amides is 1. The first kappa shape index (κ1) is 16.9. The average molecular weight is 355 g/mol. The van der Waals surface area contributed by atoms with Gasteiger partial charge in [0.25, 0.3) is 5.91 Å². The van der Waals surface area contributed by atoms with E-state index in [0.717, 1.165) is 36.6 Å². The Morgan fingerprint density at radius 2 is 2.04 bits per heavy atom. The van der Waals surface area contributed by atoms with Crippen LogP contribution in [0, 0.1) is 0 Å². The maximum Gasteiger partial charge on any atom is 0.276 e. The van der Waals surface area contributed by atoms with Crippen molar-refractivity contribution in [3.05, 3.63) is 42.1 Å². The number of oxazole rings is 1. The highest BCUT2D eigenvalue weighted by Crippen LogP contribution is 2.42. The summed E-state index contributed by atoms with van der Waals surface area (Å²) in [6, 6.07) is 8.03. The number of carbonyl (C=O) groups is 1. The van der Waals surface area contributed by atoms with Crippen molar-refractivity contribution >= 4 is 11.6 Å². The summed E-state index contributed by atoms with van der Waals surface area (Å²) in [5.41, 5.74) is 1.34. The molecule has 2 heterocycles. The van der Waals surface area contributed by atoms with Gasteiger partial charge in [0.2, 0.25) is 0 Å². The highest BCUT2D eigenvalue weighted by Gasteiger charge is 2.39. The summed E-state index contributed by atoms with van der Waals surface area (Å²) in [6.45, 7) is 6.33. The molecule has 1 amide bonds. The second-order valence-electron chi connectivity index (χ2n) is 7.70. The number of ether oxygens (including phenoxy) is 1. The van der Waals surface area contributed by atoms with Gasteiger partial charge in [-0.1, -0.05) is 12.1 Å². The number of hydrogen-bond donors (Lipinski definition) is 0. The first-order chi connectivity index (χ1) is 12.5. The topological polar surface area (TPSA) is 58.8 Å². The van der Waals surface area contributed by atoms with E-state index in [0.29, 0.717) is 24.7 Å². The SMILES string of the molecule is COc1ccccc1N1CCN(C(=O)c2ncoc2C2CC2)CC1(C)C. The standard InChI is InChI=1S/C20H25N3O3/c1-20(2)12-22(19(24)17-18(14-8-9-14)26-13-21-17)10-11-23(20)15-6-4-5-7-16(15)25-3/h4-7,13-14H,8-12H2,1-3H3. The lowest BCUT2D eigenvalue weighted by molar-refractivity contribution is 0.0678. The minimum absolute atomic E-state index is 0.0200. The van der Waals surface area contributed by atoms with E-state index in [4.69, 9.17) is 9.15 Å². The summed E-state index contributed by atoms with van der Waals surface area (Å²) in [6.07, 6.45) is 3.57. The van der Waals surface area contributed by atoms with Gasteiger partial charge in [-0.05, 0) is 38.8 Å². The first-order valence-electron chi connectivity index (χ1n) is 9.14. The van der Waals surface area contributed by atoms with E-state index in [1.165, 1.54) is 6.39 Å². The molecule has 1 aliphatic carbocycles. The number of carbonyl (C=O) groups excluding carboxylic acids is 1. The molecule has 0 spiro atoms. The van der Waals surface area contributed by atoms with Crippen molar-refractivity contribution in [3.63, 3.8) is 0 Å². The van der Waals surface area contributed by atoms with E-state index in [2.05, 4.69) is 29.8 Å². The second-order valence-corrected chi connectivity index (χ2v) is 7.70. The Bertz CT molecular complexity index is 810. The van der Waals surface area contributed by atoms with E-state index in [1.807, 2.05) is 23.1 Å². The molecule has 1 saturated heterocycles. The van der Waals surface area contributed by atoms with Crippen molar-refractivity contribution in [3.8, 4) is 5.75 Å². The van der Waals surface area contributed by atoms with Gasteiger partial charge in [0.05, 0.1) is 18.3 Å². The Balaban J connectivity index is 1.55. The molecule has 0 radical (unpaired) electrons. The number of methoxy groups -OCH3 is 1. The number of hydrogen-bond acceptors (Lipinski definition) is 5. The summed E-state index contributed by atoms with van der Waals surface area (Å²) in [7, 11) is 1.69. The summed E-state index contributed by atoms with van der Waals surface area (Å²) in [5, 5.41) is 0. The Labute approximate surface area is 153 Å². The van der Waals surface area contributed by atoms with Crippen LogP contribution < -0.4 is 9.64 Å². The molecule has 2 aliphatic rings. The number of nitrogens with zero attached hydrogens (tertiary/aromatic N) is 3. The van der Waals surface area contributed by atoms with Gasteiger partial charge in [0, 0.05) is 25.6 Å². The van der Waals surface area contributed by atoms with Crippen molar-refractivity contribution in [1.82, 2.24) is 9.88 Å². The van der Waals surface area contributed by atoms with Crippen molar-refractivity contribution in [2.45, 2.75) is 38.1 Å². The zero-order valence-corrected chi connectivity index (χ0v) is 15.6. The maximum atomic E-state index is 13.0. The lowest BCUT2D eigenvalue weighted by Crippen LogP contribution is -2.60. The van der Waals surface area contributed by atoms with Crippen molar-refractivity contribution in [1.29, 1.82) is 0 Å². The Hall–Kier alpha value is -2.50. The van der Waals surface area contributed by atoms with Crippen LogP contribution in [0.3, 0.4) is 0 Å². The van der Waals surface area contributed by atoms with Crippen LogP contribution in [0.15, 0.2) is 35.1 Å². The van der Waals surface area contributed by atoms with E-state index < -0.39 is 0 Å². The fraction of sp³-hybridized carbons (Fsp3) is 0.500. The molecule has 2 aromatic rings. The summed E-state index contributed by atoms with van der Waals surface area (Å²) in [4.78, 5) is 21.5. The van der Waals surface area contributed by atoms with Crippen LogP contribution in [-0.2, 0) is 0 Å². The van der Waals surface area contributed by atoms with Crippen LogP contribution in [0.25, 0.3) is 0 Å². The molecular formula is C20H25N3O3. The highest BCUT2D eigenvalue weighted by molar-refractivity contribution is 5.93. The predicted octanol–water partition coefficient (Wildman–Crippen LogP) is 3.30. The third-order valence-corrected chi connectivity index (χ3v) is 5.31. The number of anilines is 1. The van der Waals surface area contributed by atoms with Gasteiger partial charge in [-0.2, -0.15) is 0 Å². The number of para-hydroxylation sites is 2. The molecule has 6 nitrogen and oxygen atoms in total. The molecule has 138 valence electrons. The summed E-state index contributed by atoms with van der Waals surface area (Å²) >= 11 is 0. The van der Waals surface area contributed by atoms with E-state index in [1.54, 1.807) is 7.11 Å². The molecule has 1 saturated carbocycles. The molecule has 1 aliphatic heterocycles. The lowest BCUT2D eigenvalue weighted by Gasteiger charge is -2.48. The smallest absolute Gasteiger partial charge is 0.276 e. The Kier molecular flexibility index (Phi) is 4.13. The fourth-order valence-corrected chi connectivity index (χ4v) is 3.83. The van der Waals surface area contributed by atoms with Crippen LogP contribution in [0.1, 0.15) is 48.9 Å². The molecule has 6 heteroatoms. The monoisotopic (exact) mass is 355 g/mol. The van der Waals surface area contributed by atoms with Gasteiger partial charge >= 0.3 is 0 Å². The van der Waals surface area contributed by atoms with Crippen LogP contribution in [0.2, 0.25) is 0 Å². The molecule has 2 fully saturated rings. The molecule has 1 aromatic carbocycles. The minimum Gasteiger partial charge on any atom is -0.495 e.